The summed E-state index contributed by atoms with van der Waals surface area (Å²) in [5, 5.41) is -2.50. The molecule has 23 heavy (non-hydrogen) atoms. The van der Waals surface area contributed by atoms with Gasteiger partial charge in [-0.3, -0.25) is 9.59 Å². The molecule has 0 radical (unpaired) electrons. The van der Waals surface area contributed by atoms with Crippen LogP contribution in [-0.2, 0) is 12.6 Å². The second-order valence-corrected chi connectivity index (χ2v) is 5.89. The van der Waals surface area contributed by atoms with Crippen LogP contribution in [0.5, 0.6) is 0 Å². The van der Waals surface area contributed by atoms with Crippen molar-refractivity contribution in [1.29, 1.82) is 0 Å². The highest BCUT2D eigenvalue weighted by Gasteiger charge is 2.41. The molecule has 1 heterocycles. The number of carbonyl (C=O) groups excluding carboxylic acids is 2. The van der Waals surface area contributed by atoms with E-state index in [2.05, 4.69) is 30.2 Å². The van der Waals surface area contributed by atoms with Crippen LogP contribution < -0.4 is 0 Å². The molecule has 0 spiro atoms. The minimum absolute atomic E-state index is 0.214. The lowest BCUT2D eigenvalue weighted by Crippen LogP contribution is -2.22. The summed E-state index contributed by atoms with van der Waals surface area (Å²) >= 11 is 6.82. The summed E-state index contributed by atoms with van der Waals surface area (Å²) in [7, 11) is 0. The average Bonchev–Trinajstić information content (AvgIpc) is 2.34. The van der Waals surface area contributed by atoms with Crippen LogP contribution in [0.15, 0.2) is 0 Å². The van der Waals surface area contributed by atoms with Crippen molar-refractivity contribution in [2.75, 3.05) is 0 Å². The molecular formula is C13H12F5NO2S2. The molecular weight excluding hydrogens is 361 g/mol. The number of hydrogen-bond donors (Lipinski definition) is 2. The number of hydrogen-bond acceptors (Lipinski definition) is 3. The molecule has 1 aromatic rings. The van der Waals surface area contributed by atoms with E-state index < -0.39 is 50.9 Å². The Labute approximate surface area is 139 Å². The first-order valence-corrected chi connectivity index (χ1v) is 7.16. The highest BCUT2D eigenvalue weighted by atomic mass is 32.1. The molecule has 128 valence electrons. The molecule has 0 aliphatic carbocycles. The van der Waals surface area contributed by atoms with Gasteiger partial charge in [0.15, 0.2) is 5.69 Å². The fourth-order valence-electron chi connectivity index (χ4n) is 2.10. The van der Waals surface area contributed by atoms with Gasteiger partial charge in [-0.25, -0.2) is 13.8 Å². The highest BCUT2D eigenvalue weighted by Crippen LogP contribution is 2.38. The Morgan fingerprint density at radius 1 is 1.09 bits per heavy atom. The van der Waals surface area contributed by atoms with Crippen LogP contribution in [0.3, 0.4) is 0 Å². The van der Waals surface area contributed by atoms with Gasteiger partial charge in [0, 0.05) is 0 Å². The Balaban J connectivity index is 4.00. The molecule has 1 rings (SSSR count). The van der Waals surface area contributed by atoms with Gasteiger partial charge in [-0.05, 0) is 17.9 Å². The first-order valence-electron chi connectivity index (χ1n) is 6.26. The minimum atomic E-state index is -5.15. The number of carbonyl (C=O) groups is 2. The molecule has 0 atom stereocenters. The predicted octanol–water partition coefficient (Wildman–Crippen LogP) is 4.38. The lowest BCUT2D eigenvalue weighted by Gasteiger charge is -2.20. The molecule has 0 aliphatic heterocycles. The number of thiol groups is 2. The summed E-state index contributed by atoms with van der Waals surface area (Å²) in [6.07, 6.45) is -8.80. The molecule has 3 nitrogen and oxygen atoms in total. The molecule has 0 N–H and O–H groups in total. The maximum Gasteiger partial charge on any atom is 0.434 e. The van der Waals surface area contributed by atoms with Crippen molar-refractivity contribution in [2.45, 2.75) is 32.9 Å². The predicted molar refractivity (Wildman–Crippen MR) is 79.4 cm³/mol. The van der Waals surface area contributed by atoms with Gasteiger partial charge in [0.05, 0.1) is 11.1 Å². The van der Waals surface area contributed by atoms with Crippen molar-refractivity contribution >= 4 is 35.5 Å². The molecule has 0 saturated heterocycles. The van der Waals surface area contributed by atoms with Crippen LogP contribution in [0.2, 0.25) is 0 Å². The maximum atomic E-state index is 13.1. The number of aromatic nitrogens is 1. The SMILES string of the molecule is CC(C)Cc1c(C(=O)S)c(C(F)F)nc(C(F)(F)F)c1C(=O)S. The molecule has 0 amide bonds. The number of nitrogens with zero attached hydrogens (tertiary/aromatic N) is 1. The number of halogens is 5. The second-order valence-electron chi connectivity index (χ2n) is 5.08. The zero-order valence-electron chi connectivity index (χ0n) is 11.9. The van der Waals surface area contributed by atoms with Gasteiger partial charge in [-0.15, -0.1) is 25.3 Å². The van der Waals surface area contributed by atoms with E-state index in [0.717, 1.165) is 0 Å². The zero-order chi connectivity index (χ0) is 18.1. The quantitative estimate of drug-likeness (QED) is 0.595. The van der Waals surface area contributed by atoms with E-state index in [-0.39, 0.29) is 12.3 Å². The van der Waals surface area contributed by atoms with Crippen molar-refractivity contribution in [3.63, 3.8) is 0 Å². The second kappa shape index (κ2) is 7.16. The molecule has 0 aliphatic rings. The van der Waals surface area contributed by atoms with Crippen LogP contribution in [-0.4, -0.2) is 15.2 Å². The highest BCUT2D eigenvalue weighted by molar-refractivity contribution is 7.97. The Bertz CT molecular complexity index is 644. The minimum Gasteiger partial charge on any atom is -0.282 e. The van der Waals surface area contributed by atoms with Crippen LogP contribution in [0.4, 0.5) is 22.0 Å². The summed E-state index contributed by atoms with van der Waals surface area (Å²) in [4.78, 5) is 26.0. The molecule has 0 unspecified atom stereocenters. The largest absolute Gasteiger partial charge is 0.434 e. The summed E-state index contributed by atoms with van der Waals surface area (Å²) in [6, 6.07) is 0. The molecule has 1 aromatic heterocycles. The number of rotatable bonds is 5. The Hall–Kier alpha value is -1.16. The molecule has 10 heteroatoms. The van der Waals surface area contributed by atoms with E-state index in [1.807, 2.05) is 0 Å². The van der Waals surface area contributed by atoms with E-state index in [9.17, 15) is 31.5 Å². The lowest BCUT2D eigenvalue weighted by atomic mass is 9.92. The summed E-state index contributed by atoms with van der Waals surface area (Å²) in [5.74, 6) is -0.318. The third kappa shape index (κ3) is 4.43. The van der Waals surface area contributed by atoms with E-state index in [0.29, 0.717) is 0 Å². The molecule has 0 aromatic carbocycles. The fraction of sp³-hybridized carbons (Fsp3) is 0.462. The summed E-state index contributed by atoms with van der Waals surface area (Å²) in [6.45, 7) is 3.19. The monoisotopic (exact) mass is 373 g/mol. The van der Waals surface area contributed by atoms with Gasteiger partial charge in [0.2, 0.25) is 10.2 Å². The van der Waals surface area contributed by atoms with E-state index in [1.54, 1.807) is 13.8 Å². The lowest BCUT2D eigenvalue weighted by molar-refractivity contribution is -0.141. The van der Waals surface area contributed by atoms with Gasteiger partial charge >= 0.3 is 6.18 Å². The van der Waals surface area contributed by atoms with Gasteiger partial charge in [-0.1, -0.05) is 13.8 Å². The van der Waals surface area contributed by atoms with E-state index >= 15 is 0 Å². The molecule has 0 fully saturated rings. The van der Waals surface area contributed by atoms with Crippen molar-refractivity contribution in [2.24, 2.45) is 5.92 Å². The maximum absolute atomic E-state index is 13.1. The summed E-state index contributed by atoms with van der Waals surface area (Å²) in [5.41, 5.74) is -5.34. The fourth-order valence-corrected chi connectivity index (χ4v) is 2.59. The number of pyridine rings is 1. The van der Waals surface area contributed by atoms with Gasteiger partial charge in [0.25, 0.3) is 6.43 Å². The Morgan fingerprint density at radius 2 is 1.57 bits per heavy atom. The van der Waals surface area contributed by atoms with Crippen LogP contribution in [0, 0.1) is 5.92 Å². The topological polar surface area (TPSA) is 47.0 Å². The van der Waals surface area contributed by atoms with Crippen LogP contribution >= 0.6 is 25.3 Å². The third-order valence-electron chi connectivity index (χ3n) is 2.84. The van der Waals surface area contributed by atoms with Crippen LogP contribution in [0.1, 0.15) is 57.9 Å². The first-order chi connectivity index (χ1) is 10.4. The van der Waals surface area contributed by atoms with Crippen molar-refractivity contribution in [3.05, 3.63) is 28.1 Å². The third-order valence-corrected chi connectivity index (χ3v) is 3.29. The smallest absolute Gasteiger partial charge is 0.282 e. The van der Waals surface area contributed by atoms with E-state index in [4.69, 9.17) is 0 Å². The molecule has 0 bridgehead atoms. The van der Waals surface area contributed by atoms with Crippen molar-refractivity contribution < 1.29 is 31.5 Å². The average molecular weight is 373 g/mol. The van der Waals surface area contributed by atoms with Gasteiger partial charge in [-0.2, -0.15) is 13.2 Å². The zero-order valence-corrected chi connectivity index (χ0v) is 13.7. The molecule has 0 saturated carbocycles. The van der Waals surface area contributed by atoms with Gasteiger partial charge in [0.1, 0.15) is 5.69 Å². The van der Waals surface area contributed by atoms with E-state index in [1.165, 1.54) is 0 Å². The van der Waals surface area contributed by atoms with Crippen LogP contribution in [0.25, 0.3) is 0 Å². The van der Waals surface area contributed by atoms with Crippen molar-refractivity contribution in [3.8, 4) is 0 Å². The van der Waals surface area contributed by atoms with Crippen molar-refractivity contribution in [1.82, 2.24) is 4.98 Å². The Morgan fingerprint density at radius 3 is 1.87 bits per heavy atom. The first kappa shape index (κ1) is 19.9. The normalized spacial score (nSPS) is 12.1. The number of alkyl halides is 5. The van der Waals surface area contributed by atoms with Gasteiger partial charge < -0.3 is 0 Å². The summed E-state index contributed by atoms with van der Waals surface area (Å²) < 4.78 is 65.5. The Kier molecular flexibility index (Phi) is 6.19. The standard InChI is InChI=1S/C13H12F5NO2S2/c1-4(2)3-5-6(11(20)22)8(10(14)15)19-9(13(16,17)18)7(5)12(21)23/h4,10H,3H2,1-2H3,(H,20,22)(H,21,23).